The highest BCUT2D eigenvalue weighted by molar-refractivity contribution is 6.21. The molecule has 0 saturated heterocycles. The molecule has 1 saturated carbocycles. The van der Waals surface area contributed by atoms with Crippen molar-refractivity contribution in [2.75, 3.05) is 7.11 Å². The molecule has 0 amide bonds. The topological polar surface area (TPSA) is 9.23 Å². The van der Waals surface area contributed by atoms with Crippen LogP contribution in [0.3, 0.4) is 0 Å². The van der Waals surface area contributed by atoms with Crippen LogP contribution in [0.4, 0.5) is 0 Å². The van der Waals surface area contributed by atoms with E-state index in [2.05, 4.69) is 46.8 Å². The van der Waals surface area contributed by atoms with Crippen molar-refractivity contribution < 1.29 is 4.74 Å². The second-order valence-electron chi connectivity index (χ2n) is 6.55. The molecule has 1 nitrogen and oxygen atoms in total. The molecule has 1 aromatic carbocycles. The predicted octanol–water partition coefficient (Wildman–Crippen LogP) is 4.97. The van der Waals surface area contributed by atoms with Crippen molar-refractivity contribution in [3.63, 3.8) is 0 Å². The fourth-order valence-electron chi connectivity index (χ4n) is 3.24. The SMILES string of the molecule is COc1ccc(C(Cl)C2C(C)(C)C2(C)C)cc1C. The Bertz CT molecular complexity index is 448. The van der Waals surface area contributed by atoms with Gasteiger partial charge in [-0.15, -0.1) is 11.6 Å². The van der Waals surface area contributed by atoms with Gasteiger partial charge >= 0.3 is 0 Å². The second kappa shape index (κ2) is 4.16. The fraction of sp³-hybridized carbons (Fsp3) is 0.625. The minimum atomic E-state index is 0.0830. The molecule has 100 valence electrons. The van der Waals surface area contributed by atoms with E-state index >= 15 is 0 Å². The standard InChI is InChI=1S/C16H23ClO/c1-10-9-11(7-8-12(10)18-6)13(17)14-15(2,3)16(14,4)5/h7-9,13-14H,1-6H3. The highest BCUT2D eigenvalue weighted by atomic mass is 35.5. The summed E-state index contributed by atoms with van der Waals surface area (Å²) in [5.41, 5.74) is 2.98. The maximum absolute atomic E-state index is 6.70. The molecular formula is C16H23ClO. The Morgan fingerprint density at radius 3 is 2.11 bits per heavy atom. The molecule has 2 rings (SSSR count). The zero-order valence-electron chi connectivity index (χ0n) is 12.2. The molecule has 0 aromatic heterocycles. The average molecular weight is 267 g/mol. The van der Waals surface area contributed by atoms with Crippen molar-refractivity contribution >= 4 is 11.6 Å². The van der Waals surface area contributed by atoms with Crippen LogP contribution in [0.25, 0.3) is 0 Å². The molecule has 1 aliphatic rings. The number of hydrogen-bond donors (Lipinski definition) is 0. The molecule has 1 aliphatic carbocycles. The van der Waals surface area contributed by atoms with Gasteiger partial charge in [-0.25, -0.2) is 0 Å². The van der Waals surface area contributed by atoms with Gasteiger partial charge in [-0.1, -0.05) is 39.8 Å². The maximum atomic E-state index is 6.70. The largest absolute Gasteiger partial charge is 0.496 e. The lowest BCUT2D eigenvalue weighted by molar-refractivity contribution is 0.411. The van der Waals surface area contributed by atoms with Gasteiger partial charge in [0.05, 0.1) is 12.5 Å². The van der Waals surface area contributed by atoms with Crippen LogP contribution in [0, 0.1) is 23.7 Å². The Morgan fingerprint density at radius 1 is 1.17 bits per heavy atom. The third-order valence-electron chi connectivity index (χ3n) is 5.16. The minimum Gasteiger partial charge on any atom is -0.496 e. The van der Waals surface area contributed by atoms with Crippen LogP contribution in [0.5, 0.6) is 5.75 Å². The Balaban J connectivity index is 2.26. The second-order valence-corrected chi connectivity index (χ2v) is 7.02. The summed E-state index contributed by atoms with van der Waals surface area (Å²) in [6.45, 7) is 11.3. The van der Waals surface area contributed by atoms with Gasteiger partial charge in [0.1, 0.15) is 5.75 Å². The molecule has 0 bridgehead atoms. The molecule has 0 N–H and O–H groups in total. The number of halogens is 1. The molecule has 1 aromatic rings. The van der Waals surface area contributed by atoms with Gasteiger partial charge in [-0.3, -0.25) is 0 Å². The summed E-state index contributed by atoms with van der Waals surface area (Å²) in [7, 11) is 1.70. The van der Waals surface area contributed by atoms with Crippen LogP contribution in [0.15, 0.2) is 18.2 Å². The summed E-state index contributed by atoms with van der Waals surface area (Å²) in [5, 5.41) is 0.0830. The third-order valence-corrected chi connectivity index (χ3v) is 5.67. The van der Waals surface area contributed by atoms with Gasteiger partial charge in [0.25, 0.3) is 0 Å². The van der Waals surface area contributed by atoms with Crippen LogP contribution >= 0.6 is 11.6 Å². The lowest BCUT2D eigenvalue weighted by Gasteiger charge is -2.14. The monoisotopic (exact) mass is 266 g/mol. The van der Waals surface area contributed by atoms with E-state index in [4.69, 9.17) is 16.3 Å². The summed E-state index contributed by atoms with van der Waals surface area (Å²) in [6.07, 6.45) is 0. The summed E-state index contributed by atoms with van der Waals surface area (Å²) >= 11 is 6.70. The molecule has 0 aliphatic heterocycles. The normalized spacial score (nSPS) is 22.6. The van der Waals surface area contributed by atoms with E-state index in [0.717, 1.165) is 11.3 Å². The van der Waals surface area contributed by atoms with E-state index in [9.17, 15) is 0 Å². The van der Waals surface area contributed by atoms with Crippen molar-refractivity contribution in [2.45, 2.75) is 40.0 Å². The molecule has 2 heteroatoms. The number of alkyl halides is 1. The summed E-state index contributed by atoms with van der Waals surface area (Å²) in [6, 6.07) is 6.26. The van der Waals surface area contributed by atoms with Gasteiger partial charge in [0.15, 0.2) is 0 Å². The Kier molecular flexibility index (Phi) is 3.18. The van der Waals surface area contributed by atoms with Crippen LogP contribution in [0.2, 0.25) is 0 Å². The first-order valence-electron chi connectivity index (χ1n) is 6.52. The molecule has 0 spiro atoms. The first kappa shape index (κ1) is 13.7. The lowest BCUT2D eigenvalue weighted by atomic mass is 10.0. The van der Waals surface area contributed by atoms with Crippen molar-refractivity contribution in [1.82, 2.24) is 0 Å². The van der Waals surface area contributed by atoms with E-state index < -0.39 is 0 Å². The van der Waals surface area contributed by atoms with E-state index in [0.29, 0.717) is 16.7 Å². The molecule has 18 heavy (non-hydrogen) atoms. The summed E-state index contributed by atoms with van der Waals surface area (Å²) in [5.74, 6) is 1.45. The van der Waals surface area contributed by atoms with E-state index in [1.54, 1.807) is 7.11 Å². The number of aryl methyl sites for hydroxylation is 1. The first-order valence-corrected chi connectivity index (χ1v) is 6.95. The van der Waals surface area contributed by atoms with Crippen LogP contribution in [0.1, 0.15) is 44.2 Å². The first-order chi connectivity index (χ1) is 8.23. The highest BCUT2D eigenvalue weighted by Crippen LogP contribution is 2.73. The van der Waals surface area contributed by atoms with E-state index in [1.807, 2.05) is 6.07 Å². The minimum absolute atomic E-state index is 0.0830. The zero-order chi connectivity index (χ0) is 13.7. The molecule has 1 atom stereocenters. The number of hydrogen-bond acceptors (Lipinski definition) is 1. The summed E-state index contributed by atoms with van der Waals surface area (Å²) in [4.78, 5) is 0. The molecule has 0 heterocycles. The van der Waals surface area contributed by atoms with Gasteiger partial charge in [0, 0.05) is 0 Å². The van der Waals surface area contributed by atoms with Crippen LogP contribution in [-0.2, 0) is 0 Å². The highest BCUT2D eigenvalue weighted by Gasteiger charge is 2.67. The van der Waals surface area contributed by atoms with E-state index in [1.165, 1.54) is 5.56 Å². The third kappa shape index (κ3) is 1.84. The summed E-state index contributed by atoms with van der Waals surface area (Å²) < 4.78 is 5.29. The van der Waals surface area contributed by atoms with Crippen LogP contribution < -0.4 is 4.74 Å². The molecule has 0 radical (unpaired) electrons. The number of benzene rings is 1. The van der Waals surface area contributed by atoms with Crippen molar-refractivity contribution in [1.29, 1.82) is 0 Å². The number of rotatable bonds is 3. The molecular weight excluding hydrogens is 244 g/mol. The van der Waals surface area contributed by atoms with Crippen molar-refractivity contribution in [3.8, 4) is 5.75 Å². The van der Waals surface area contributed by atoms with Crippen LogP contribution in [-0.4, -0.2) is 7.11 Å². The van der Waals surface area contributed by atoms with E-state index in [-0.39, 0.29) is 5.38 Å². The zero-order valence-corrected chi connectivity index (χ0v) is 12.9. The van der Waals surface area contributed by atoms with Crippen molar-refractivity contribution in [2.24, 2.45) is 16.7 Å². The number of ether oxygens (including phenoxy) is 1. The predicted molar refractivity (Wildman–Crippen MR) is 77.4 cm³/mol. The molecule has 1 unspecified atom stereocenters. The Morgan fingerprint density at radius 2 is 1.72 bits per heavy atom. The average Bonchev–Trinajstić information content (AvgIpc) is 2.68. The fourth-order valence-corrected chi connectivity index (χ4v) is 4.01. The van der Waals surface area contributed by atoms with Gasteiger partial charge < -0.3 is 4.74 Å². The maximum Gasteiger partial charge on any atom is 0.121 e. The smallest absolute Gasteiger partial charge is 0.121 e. The van der Waals surface area contributed by atoms with Gasteiger partial charge in [0.2, 0.25) is 0 Å². The molecule has 1 fully saturated rings. The number of methoxy groups -OCH3 is 1. The Labute approximate surface area is 115 Å². The van der Waals surface area contributed by atoms with Gasteiger partial charge in [-0.05, 0) is 40.9 Å². The van der Waals surface area contributed by atoms with Gasteiger partial charge in [-0.2, -0.15) is 0 Å². The lowest BCUT2D eigenvalue weighted by Crippen LogP contribution is -2.00. The quantitative estimate of drug-likeness (QED) is 0.702. The van der Waals surface area contributed by atoms with Crippen molar-refractivity contribution in [3.05, 3.63) is 29.3 Å². The Hall–Kier alpha value is -0.690.